The fourth-order valence-corrected chi connectivity index (χ4v) is 2.10. The third kappa shape index (κ3) is 3.02. The highest BCUT2D eigenvalue weighted by molar-refractivity contribution is 5.50. The molecular weight excluding hydrogens is 257 g/mol. The second-order valence-corrected chi connectivity index (χ2v) is 4.46. The number of hydrogen-bond donors (Lipinski definition) is 1. The first-order valence-electron chi connectivity index (χ1n) is 6.51. The summed E-state index contributed by atoms with van der Waals surface area (Å²) >= 11 is 0. The summed E-state index contributed by atoms with van der Waals surface area (Å²) in [6, 6.07) is 11.7. The standard InChI is InChI=1S/C16H18FNO2/c1-3-18(15-7-5-4-6-14(15)17)11-12-10-13(20-2)8-9-16(12)19/h4-10,19H,3,11H2,1-2H3. The SMILES string of the molecule is CCN(Cc1cc(OC)ccc1O)c1ccccc1F. The third-order valence-corrected chi connectivity index (χ3v) is 3.22. The van der Waals surface area contributed by atoms with E-state index in [0.717, 1.165) is 0 Å². The molecule has 0 saturated heterocycles. The van der Waals surface area contributed by atoms with Gasteiger partial charge in [-0.15, -0.1) is 0 Å². The van der Waals surface area contributed by atoms with E-state index in [1.807, 2.05) is 11.8 Å². The molecule has 0 spiro atoms. The van der Waals surface area contributed by atoms with Crippen molar-refractivity contribution in [2.45, 2.75) is 13.5 Å². The summed E-state index contributed by atoms with van der Waals surface area (Å²) in [7, 11) is 1.57. The van der Waals surface area contributed by atoms with Crippen LogP contribution in [0.15, 0.2) is 42.5 Å². The second-order valence-electron chi connectivity index (χ2n) is 4.46. The Bertz CT molecular complexity index is 586. The second kappa shape index (κ2) is 6.28. The number of phenolic OH excluding ortho intramolecular Hbond substituents is 1. The van der Waals surface area contributed by atoms with Gasteiger partial charge in [-0.05, 0) is 37.3 Å². The maximum Gasteiger partial charge on any atom is 0.146 e. The molecule has 0 aliphatic heterocycles. The molecule has 4 heteroatoms. The van der Waals surface area contributed by atoms with Crippen LogP contribution in [0.5, 0.6) is 11.5 Å². The zero-order valence-electron chi connectivity index (χ0n) is 11.6. The van der Waals surface area contributed by atoms with Crippen LogP contribution in [0.4, 0.5) is 10.1 Å². The van der Waals surface area contributed by atoms with Crippen LogP contribution in [0.3, 0.4) is 0 Å². The molecule has 0 amide bonds. The zero-order chi connectivity index (χ0) is 14.5. The number of ether oxygens (including phenoxy) is 1. The molecule has 0 atom stereocenters. The number of aromatic hydroxyl groups is 1. The fraction of sp³-hybridized carbons (Fsp3) is 0.250. The maximum absolute atomic E-state index is 13.8. The van der Waals surface area contributed by atoms with Gasteiger partial charge < -0.3 is 14.7 Å². The van der Waals surface area contributed by atoms with Crippen LogP contribution in [0.2, 0.25) is 0 Å². The van der Waals surface area contributed by atoms with Crippen LogP contribution in [0.1, 0.15) is 12.5 Å². The highest BCUT2D eigenvalue weighted by atomic mass is 19.1. The molecule has 0 aromatic heterocycles. The summed E-state index contributed by atoms with van der Waals surface area (Å²) in [4.78, 5) is 1.86. The topological polar surface area (TPSA) is 32.7 Å². The number of hydrogen-bond acceptors (Lipinski definition) is 3. The van der Waals surface area contributed by atoms with E-state index in [4.69, 9.17) is 4.74 Å². The lowest BCUT2D eigenvalue weighted by atomic mass is 10.1. The Morgan fingerprint density at radius 1 is 1.20 bits per heavy atom. The summed E-state index contributed by atoms with van der Waals surface area (Å²) in [5.74, 6) is 0.583. The first-order valence-corrected chi connectivity index (χ1v) is 6.51. The highest BCUT2D eigenvalue weighted by Gasteiger charge is 2.12. The molecule has 0 unspecified atom stereocenters. The van der Waals surface area contributed by atoms with Gasteiger partial charge in [0, 0.05) is 18.7 Å². The van der Waals surface area contributed by atoms with Crippen LogP contribution in [-0.4, -0.2) is 18.8 Å². The molecule has 0 radical (unpaired) electrons. The average molecular weight is 275 g/mol. The third-order valence-electron chi connectivity index (χ3n) is 3.22. The van der Waals surface area contributed by atoms with Crippen molar-refractivity contribution >= 4 is 5.69 Å². The molecule has 0 aliphatic rings. The Hall–Kier alpha value is -2.23. The van der Waals surface area contributed by atoms with Crippen molar-refractivity contribution in [2.75, 3.05) is 18.6 Å². The monoisotopic (exact) mass is 275 g/mol. The summed E-state index contributed by atoms with van der Waals surface area (Å²) in [6.07, 6.45) is 0. The van der Waals surface area contributed by atoms with E-state index in [1.54, 1.807) is 43.5 Å². The predicted molar refractivity (Wildman–Crippen MR) is 77.8 cm³/mol. The van der Waals surface area contributed by atoms with E-state index < -0.39 is 0 Å². The summed E-state index contributed by atoms with van der Waals surface area (Å²) in [5.41, 5.74) is 1.23. The molecule has 0 aliphatic carbocycles. The number of para-hydroxylation sites is 1. The minimum atomic E-state index is -0.267. The molecule has 3 nitrogen and oxygen atoms in total. The van der Waals surface area contributed by atoms with E-state index in [2.05, 4.69) is 0 Å². The summed E-state index contributed by atoms with van der Waals surface area (Å²) in [6.45, 7) is 3.00. The van der Waals surface area contributed by atoms with E-state index in [1.165, 1.54) is 6.07 Å². The molecule has 0 bridgehead atoms. The minimum Gasteiger partial charge on any atom is -0.508 e. The number of methoxy groups -OCH3 is 1. The molecular formula is C16H18FNO2. The fourth-order valence-electron chi connectivity index (χ4n) is 2.10. The van der Waals surface area contributed by atoms with Gasteiger partial charge in [-0.2, -0.15) is 0 Å². The van der Waals surface area contributed by atoms with Gasteiger partial charge in [0.1, 0.15) is 17.3 Å². The number of rotatable bonds is 5. The van der Waals surface area contributed by atoms with Gasteiger partial charge in [0.05, 0.1) is 12.8 Å². The number of anilines is 1. The Balaban J connectivity index is 2.29. The summed E-state index contributed by atoms with van der Waals surface area (Å²) in [5, 5.41) is 9.92. The van der Waals surface area contributed by atoms with Gasteiger partial charge in [0.25, 0.3) is 0 Å². The van der Waals surface area contributed by atoms with Crippen molar-refractivity contribution < 1.29 is 14.2 Å². The molecule has 0 heterocycles. The van der Waals surface area contributed by atoms with E-state index >= 15 is 0 Å². The van der Waals surface area contributed by atoms with E-state index in [-0.39, 0.29) is 11.6 Å². The van der Waals surface area contributed by atoms with Crippen molar-refractivity contribution in [3.8, 4) is 11.5 Å². The van der Waals surface area contributed by atoms with E-state index in [0.29, 0.717) is 30.1 Å². The van der Waals surface area contributed by atoms with Crippen molar-refractivity contribution in [1.29, 1.82) is 0 Å². The largest absolute Gasteiger partial charge is 0.508 e. The number of phenols is 1. The molecule has 2 rings (SSSR count). The normalized spacial score (nSPS) is 10.3. The van der Waals surface area contributed by atoms with Crippen LogP contribution in [-0.2, 0) is 6.54 Å². The molecule has 2 aromatic carbocycles. The van der Waals surface area contributed by atoms with Gasteiger partial charge >= 0.3 is 0 Å². The molecule has 20 heavy (non-hydrogen) atoms. The van der Waals surface area contributed by atoms with Gasteiger partial charge in [-0.3, -0.25) is 0 Å². The average Bonchev–Trinajstić information content (AvgIpc) is 2.47. The molecule has 0 saturated carbocycles. The van der Waals surface area contributed by atoms with Crippen molar-refractivity contribution in [3.05, 3.63) is 53.8 Å². The molecule has 106 valence electrons. The molecule has 1 N–H and O–H groups in total. The number of benzene rings is 2. The number of halogens is 1. The van der Waals surface area contributed by atoms with Crippen molar-refractivity contribution in [1.82, 2.24) is 0 Å². The van der Waals surface area contributed by atoms with Crippen LogP contribution < -0.4 is 9.64 Å². The first-order chi connectivity index (χ1) is 9.65. The quantitative estimate of drug-likeness (QED) is 0.905. The molecule has 0 fully saturated rings. The Labute approximate surface area is 118 Å². The lowest BCUT2D eigenvalue weighted by Gasteiger charge is -2.24. The Kier molecular flexibility index (Phi) is 4.45. The van der Waals surface area contributed by atoms with Gasteiger partial charge in [0.2, 0.25) is 0 Å². The van der Waals surface area contributed by atoms with Crippen LogP contribution in [0.25, 0.3) is 0 Å². The summed E-state index contributed by atoms with van der Waals surface area (Å²) < 4.78 is 19.0. The highest BCUT2D eigenvalue weighted by Crippen LogP contribution is 2.27. The van der Waals surface area contributed by atoms with Crippen molar-refractivity contribution in [3.63, 3.8) is 0 Å². The Morgan fingerprint density at radius 2 is 1.95 bits per heavy atom. The maximum atomic E-state index is 13.8. The van der Waals surface area contributed by atoms with Crippen LogP contribution in [0, 0.1) is 5.82 Å². The van der Waals surface area contributed by atoms with Crippen molar-refractivity contribution in [2.24, 2.45) is 0 Å². The van der Waals surface area contributed by atoms with Crippen LogP contribution >= 0.6 is 0 Å². The zero-order valence-corrected chi connectivity index (χ0v) is 11.6. The van der Waals surface area contributed by atoms with Gasteiger partial charge in [0.15, 0.2) is 0 Å². The van der Waals surface area contributed by atoms with Gasteiger partial charge in [-0.1, -0.05) is 12.1 Å². The number of nitrogens with zero attached hydrogens (tertiary/aromatic N) is 1. The predicted octanol–water partition coefficient (Wildman–Crippen LogP) is 3.57. The minimum absolute atomic E-state index is 0.181. The Morgan fingerprint density at radius 3 is 2.60 bits per heavy atom. The lowest BCUT2D eigenvalue weighted by molar-refractivity contribution is 0.410. The smallest absolute Gasteiger partial charge is 0.146 e. The van der Waals surface area contributed by atoms with E-state index in [9.17, 15) is 9.50 Å². The lowest BCUT2D eigenvalue weighted by Crippen LogP contribution is -2.23. The van der Waals surface area contributed by atoms with Gasteiger partial charge in [-0.25, -0.2) is 4.39 Å². The molecule has 2 aromatic rings. The first kappa shape index (κ1) is 14.2.